The molecule has 0 atom stereocenters. The molecule has 3 nitrogen and oxygen atoms in total. The van der Waals surface area contributed by atoms with Crippen LogP contribution in [0.5, 0.6) is 0 Å². The Kier molecular flexibility index (Phi) is 4.70. The number of hydrogen-bond acceptors (Lipinski definition) is 3. The van der Waals surface area contributed by atoms with Crippen molar-refractivity contribution in [3.05, 3.63) is 36.5 Å². The SMILES string of the molecule is C=CCN(c1ccc(CNC)cn1)C(C)(C)C. The molecule has 1 heterocycles. The highest BCUT2D eigenvalue weighted by Gasteiger charge is 2.21. The zero-order valence-electron chi connectivity index (χ0n) is 11.3. The second kappa shape index (κ2) is 5.82. The topological polar surface area (TPSA) is 28.2 Å². The number of hydrogen-bond donors (Lipinski definition) is 1. The Hall–Kier alpha value is -1.35. The molecular weight excluding hydrogens is 210 g/mol. The summed E-state index contributed by atoms with van der Waals surface area (Å²) in [7, 11) is 1.94. The van der Waals surface area contributed by atoms with Crippen molar-refractivity contribution < 1.29 is 0 Å². The van der Waals surface area contributed by atoms with Gasteiger partial charge in [-0.05, 0) is 39.4 Å². The number of nitrogens with zero attached hydrogens (tertiary/aromatic N) is 2. The summed E-state index contributed by atoms with van der Waals surface area (Å²) in [5.74, 6) is 0.997. The fraction of sp³-hybridized carbons (Fsp3) is 0.500. The molecule has 94 valence electrons. The molecule has 0 unspecified atom stereocenters. The third-order valence-electron chi connectivity index (χ3n) is 2.59. The van der Waals surface area contributed by atoms with Crippen LogP contribution in [0.2, 0.25) is 0 Å². The van der Waals surface area contributed by atoms with E-state index in [9.17, 15) is 0 Å². The molecule has 1 aromatic heterocycles. The van der Waals surface area contributed by atoms with Gasteiger partial charge in [0, 0.05) is 24.8 Å². The van der Waals surface area contributed by atoms with E-state index in [0.717, 1.165) is 18.9 Å². The molecular formula is C14H23N3. The first kappa shape index (κ1) is 13.7. The highest BCUT2D eigenvalue weighted by molar-refractivity contribution is 5.42. The van der Waals surface area contributed by atoms with Gasteiger partial charge in [-0.2, -0.15) is 0 Å². The van der Waals surface area contributed by atoms with Crippen LogP contribution in [-0.2, 0) is 6.54 Å². The van der Waals surface area contributed by atoms with Crippen molar-refractivity contribution >= 4 is 5.82 Å². The summed E-state index contributed by atoms with van der Waals surface area (Å²) in [6.07, 6.45) is 3.84. The van der Waals surface area contributed by atoms with Crippen LogP contribution < -0.4 is 10.2 Å². The molecule has 1 rings (SSSR count). The molecule has 0 spiro atoms. The van der Waals surface area contributed by atoms with Gasteiger partial charge in [0.1, 0.15) is 5.82 Å². The zero-order valence-corrected chi connectivity index (χ0v) is 11.3. The Labute approximate surface area is 105 Å². The molecule has 0 fully saturated rings. The maximum atomic E-state index is 4.52. The monoisotopic (exact) mass is 233 g/mol. The number of pyridine rings is 1. The molecule has 0 aliphatic carbocycles. The third kappa shape index (κ3) is 3.86. The van der Waals surface area contributed by atoms with Gasteiger partial charge in [0.25, 0.3) is 0 Å². The van der Waals surface area contributed by atoms with E-state index in [-0.39, 0.29) is 5.54 Å². The molecule has 0 saturated carbocycles. The fourth-order valence-corrected chi connectivity index (χ4v) is 1.73. The van der Waals surface area contributed by atoms with Crippen LogP contribution in [0.25, 0.3) is 0 Å². The second-order valence-electron chi connectivity index (χ2n) is 5.13. The normalized spacial score (nSPS) is 11.3. The van der Waals surface area contributed by atoms with Gasteiger partial charge in [0.2, 0.25) is 0 Å². The van der Waals surface area contributed by atoms with E-state index in [1.807, 2.05) is 19.3 Å². The summed E-state index contributed by atoms with van der Waals surface area (Å²) < 4.78 is 0. The Bertz CT molecular complexity index is 349. The first-order chi connectivity index (χ1) is 7.99. The van der Waals surface area contributed by atoms with Crippen LogP contribution >= 0.6 is 0 Å². The third-order valence-corrected chi connectivity index (χ3v) is 2.59. The Morgan fingerprint density at radius 2 is 2.12 bits per heavy atom. The first-order valence-electron chi connectivity index (χ1n) is 5.97. The molecule has 0 radical (unpaired) electrons. The molecule has 3 heteroatoms. The molecule has 1 aromatic rings. The molecule has 17 heavy (non-hydrogen) atoms. The summed E-state index contributed by atoms with van der Waals surface area (Å²) in [6.45, 7) is 12.0. The van der Waals surface area contributed by atoms with Gasteiger partial charge in [0.15, 0.2) is 0 Å². The van der Waals surface area contributed by atoms with E-state index in [1.165, 1.54) is 5.56 Å². The Morgan fingerprint density at radius 3 is 2.53 bits per heavy atom. The average molecular weight is 233 g/mol. The minimum Gasteiger partial charge on any atom is -0.348 e. The summed E-state index contributed by atoms with van der Waals surface area (Å²) in [6, 6.07) is 4.18. The van der Waals surface area contributed by atoms with Crippen molar-refractivity contribution in [1.29, 1.82) is 0 Å². The van der Waals surface area contributed by atoms with Crippen molar-refractivity contribution in [1.82, 2.24) is 10.3 Å². The van der Waals surface area contributed by atoms with Gasteiger partial charge >= 0.3 is 0 Å². The molecule has 0 aliphatic heterocycles. The summed E-state index contributed by atoms with van der Waals surface area (Å²) in [5.41, 5.74) is 1.25. The summed E-state index contributed by atoms with van der Waals surface area (Å²) in [4.78, 5) is 6.76. The van der Waals surface area contributed by atoms with Gasteiger partial charge in [-0.15, -0.1) is 6.58 Å². The van der Waals surface area contributed by atoms with Crippen LogP contribution in [0.15, 0.2) is 31.0 Å². The number of aromatic nitrogens is 1. The molecule has 0 aliphatic rings. The highest BCUT2D eigenvalue weighted by atomic mass is 15.2. The van der Waals surface area contributed by atoms with Crippen molar-refractivity contribution in [3.63, 3.8) is 0 Å². The van der Waals surface area contributed by atoms with Gasteiger partial charge < -0.3 is 10.2 Å². The first-order valence-corrected chi connectivity index (χ1v) is 5.97. The van der Waals surface area contributed by atoms with Crippen LogP contribution in [0.3, 0.4) is 0 Å². The largest absolute Gasteiger partial charge is 0.348 e. The van der Waals surface area contributed by atoms with E-state index < -0.39 is 0 Å². The molecule has 0 saturated heterocycles. The lowest BCUT2D eigenvalue weighted by Gasteiger charge is -2.36. The predicted octanol–water partition coefficient (Wildman–Crippen LogP) is 2.59. The van der Waals surface area contributed by atoms with Crippen molar-refractivity contribution in [2.24, 2.45) is 0 Å². The molecule has 0 bridgehead atoms. The summed E-state index contributed by atoms with van der Waals surface area (Å²) in [5, 5.41) is 3.12. The lowest BCUT2D eigenvalue weighted by molar-refractivity contribution is 0.517. The Morgan fingerprint density at radius 1 is 1.41 bits per heavy atom. The molecule has 0 aromatic carbocycles. The van der Waals surface area contributed by atoms with Gasteiger partial charge in [-0.1, -0.05) is 12.1 Å². The minimum atomic E-state index is 0.0473. The van der Waals surface area contributed by atoms with Crippen molar-refractivity contribution in [3.8, 4) is 0 Å². The van der Waals surface area contributed by atoms with E-state index in [1.54, 1.807) is 0 Å². The van der Waals surface area contributed by atoms with Crippen LogP contribution in [0, 0.1) is 0 Å². The molecule has 0 amide bonds. The van der Waals surface area contributed by atoms with Gasteiger partial charge in [-0.25, -0.2) is 4.98 Å². The lowest BCUT2D eigenvalue weighted by Crippen LogP contribution is -2.42. The second-order valence-corrected chi connectivity index (χ2v) is 5.13. The van der Waals surface area contributed by atoms with Gasteiger partial charge in [-0.3, -0.25) is 0 Å². The molecule has 1 N–H and O–H groups in total. The van der Waals surface area contributed by atoms with E-state index >= 15 is 0 Å². The standard InChI is InChI=1S/C14H23N3/c1-6-9-17(14(2,3)4)13-8-7-12(10-15-5)11-16-13/h6-8,11,15H,1,9-10H2,2-5H3. The van der Waals surface area contributed by atoms with Gasteiger partial charge in [0.05, 0.1) is 0 Å². The smallest absolute Gasteiger partial charge is 0.129 e. The highest BCUT2D eigenvalue weighted by Crippen LogP contribution is 2.21. The average Bonchev–Trinajstić information content (AvgIpc) is 2.26. The van der Waals surface area contributed by atoms with Crippen molar-refractivity contribution in [2.45, 2.75) is 32.9 Å². The predicted molar refractivity (Wildman–Crippen MR) is 74.3 cm³/mol. The Balaban J connectivity index is 2.91. The zero-order chi connectivity index (χ0) is 12.9. The van der Waals surface area contributed by atoms with E-state index in [4.69, 9.17) is 0 Å². The van der Waals surface area contributed by atoms with Crippen LogP contribution in [0.1, 0.15) is 26.3 Å². The van der Waals surface area contributed by atoms with Crippen molar-refractivity contribution in [2.75, 3.05) is 18.5 Å². The quantitative estimate of drug-likeness (QED) is 0.792. The number of anilines is 1. The minimum absolute atomic E-state index is 0.0473. The number of nitrogens with one attached hydrogen (secondary N) is 1. The summed E-state index contributed by atoms with van der Waals surface area (Å²) >= 11 is 0. The lowest BCUT2D eigenvalue weighted by atomic mass is 10.1. The maximum Gasteiger partial charge on any atom is 0.129 e. The van der Waals surface area contributed by atoms with Crippen LogP contribution in [-0.4, -0.2) is 24.1 Å². The number of rotatable bonds is 5. The van der Waals surface area contributed by atoms with E-state index in [2.05, 4.69) is 54.7 Å². The van der Waals surface area contributed by atoms with Crippen LogP contribution in [0.4, 0.5) is 5.82 Å². The van der Waals surface area contributed by atoms with E-state index in [0.29, 0.717) is 0 Å². The maximum absolute atomic E-state index is 4.52. The fourth-order valence-electron chi connectivity index (χ4n) is 1.73.